The maximum Gasteiger partial charge on any atom is 0.230 e. The van der Waals surface area contributed by atoms with Crippen LogP contribution < -0.4 is 20.6 Å². The molecule has 0 radical (unpaired) electrons. The number of nitrogen functional groups attached to an aromatic ring is 1. The minimum atomic E-state index is -0.126. The van der Waals surface area contributed by atoms with Crippen LogP contribution in [0.15, 0.2) is 29.4 Å². The molecule has 0 unspecified atom stereocenters. The van der Waals surface area contributed by atoms with E-state index in [1.54, 1.807) is 14.0 Å². The van der Waals surface area contributed by atoms with Crippen LogP contribution in [0.25, 0.3) is 0 Å². The number of aryl methyl sites for hydroxylation is 1. The van der Waals surface area contributed by atoms with Crippen LogP contribution in [0.3, 0.4) is 0 Å². The van der Waals surface area contributed by atoms with Crippen molar-refractivity contribution in [3.8, 4) is 11.5 Å². The van der Waals surface area contributed by atoms with E-state index in [2.05, 4.69) is 15.5 Å². The summed E-state index contributed by atoms with van der Waals surface area (Å²) >= 11 is 1.23. The minimum absolute atomic E-state index is 0.126. The molecule has 0 bridgehead atoms. The van der Waals surface area contributed by atoms with Crippen molar-refractivity contribution < 1.29 is 14.3 Å². The normalized spacial score (nSPS) is 10.3. The molecule has 2 rings (SSSR count). The highest BCUT2D eigenvalue weighted by Gasteiger charge is 2.09. The van der Waals surface area contributed by atoms with Crippen LogP contribution in [0.5, 0.6) is 11.5 Å². The third-order valence-corrected chi connectivity index (χ3v) is 3.86. The Bertz CT molecular complexity index is 662. The fraction of sp³-hybridized carbons (Fsp3) is 0.357. The summed E-state index contributed by atoms with van der Waals surface area (Å²) in [5.74, 6) is 7.69. The molecule has 9 heteroatoms. The number of nitrogens with zero attached hydrogens (tertiary/aromatic N) is 3. The standard InChI is InChI=1S/C14H19N5O3S/c1-10-17-18-14(19(10)15)23-9-13(20)16-7-8-22-12-6-4-3-5-11(12)21-2/h3-6H,7-9,15H2,1-2H3,(H,16,20). The molecular formula is C14H19N5O3S. The van der Waals surface area contributed by atoms with Gasteiger partial charge < -0.3 is 20.6 Å². The van der Waals surface area contributed by atoms with E-state index in [4.69, 9.17) is 15.3 Å². The van der Waals surface area contributed by atoms with E-state index in [0.717, 1.165) is 0 Å². The highest BCUT2D eigenvalue weighted by atomic mass is 32.2. The predicted molar refractivity (Wildman–Crippen MR) is 87.1 cm³/mol. The van der Waals surface area contributed by atoms with Crippen molar-refractivity contribution in [1.82, 2.24) is 20.2 Å². The van der Waals surface area contributed by atoms with Gasteiger partial charge in [-0.15, -0.1) is 10.2 Å². The van der Waals surface area contributed by atoms with Crippen LogP contribution in [-0.4, -0.2) is 46.8 Å². The van der Waals surface area contributed by atoms with Crippen molar-refractivity contribution in [3.05, 3.63) is 30.1 Å². The zero-order valence-corrected chi connectivity index (χ0v) is 13.8. The number of amides is 1. The number of hydrogen-bond acceptors (Lipinski definition) is 7. The Balaban J connectivity index is 1.68. The second kappa shape index (κ2) is 8.28. The Hall–Kier alpha value is -2.42. The molecule has 0 fully saturated rings. The summed E-state index contributed by atoms with van der Waals surface area (Å²) in [6.45, 7) is 2.49. The molecule has 124 valence electrons. The van der Waals surface area contributed by atoms with E-state index in [1.807, 2.05) is 24.3 Å². The summed E-state index contributed by atoms with van der Waals surface area (Å²) in [4.78, 5) is 11.8. The number of aromatic nitrogens is 3. The molecule has 0 saturated heterocycles. The molecule has 0 atom stereocenters. The van der Waals surface area contributed by atoms with Crippen LogP contribution in [0.4, 0.5) is 0 Å². The molecular weight excluding hydrogens is 318 g/mol. The summed E-state index contributed by atoms with van der Waals surface area (Å²) in [5, 5.41) is 11.0. The van der Waals surface area contributed by atoms with Crippen LogP contribution in [0.2, 0.25) is 0 Å². The van der Waals surface area contributed by atoms with E-state index in [9.17, 15) is 4.79 Å². The lowest BCUT2D eigenvalue weighted by Crippen LogP contribution is -2.29. The Morgan fingerprint density at radius 3 is 2.74 bits per heavy atom. The molecule has 23 heavy (non-hydrogen) atoms. The van der Waals surface area contributed by atoms with Crippen LogP contribution >= 0.6 is 11.8 Å². The Kier molecular flexibility index (Phi) is 6.10. The molecule has 1 aromatic heterocycles. The SMILES string of the molecule is COc1ccccc1OCCNC(=O)CSc1nnc(C)n1N. The van der Waals surface area contributed by atoms with Crippen molar-refractivity contribution in [2.75, 3.05) is 31.9 Å². The number of para-hydroxylation sites is 2. The summed E-state index contributed by atoms with van der Waals surface area (Å²) in [6, 6.07) is 7.35. The molecule has 3 N–H and O–H groups in total. The first-order valence-electron chi connectivity index (χ1n) is 6.94. The van der Waals surface area contributed by atoms with Gasteiger partial charge in [0.25, 0.3) is 0 Å². The number of methoxy groups -OCH3 is 1. The molecule has 0 aliphatic heterocycles. The quantitative estimate of drug-likeness (QED) is 0.413. The lowest BCUT2D eigenvalue weighted by atomic mass is 10.3. The molecule has 0 spiro atoms. The maximum absolute atomic E-state index is 11.8. The highest BCUT2D eigenvalue weighted by molar-refractivity contribution is 7.99. The third kappa shape index (κ3) is 4.78. The first kappa shape index (κ1) is 16.9. The van der Waals surface area contributed by atoms with Crippen molar-refractivity contribution in [1.29, 1.82) is 0 Å². The van der Waals surface area contributed by atoms with Gasteiger partial charge in [0.15, 0.2) is 11.5 Å². The van der Waals surface area contributed by atoms with E-state index in [-0.39, 0.29) is 11.7 Å². The van der Waals surface area contributed by atoms with Gasteiger partial charge in [-0.3, -0.25) is 4.79 Å². The monoisotopic (exact) mass is 337 g/mol. The molecule has 0 aliphatic rings. The van der Waals surface area contributed by atoms with E-state index >= 15 is 0 Å². The second-order valence-corrected chi connectivity index (χ2v) is 5.48. The van der Waals surface area contributed by atoms with E-state index < -0.39 is 0 Å². The first-order valence-corrected chi connectivity index (χ1v) is 7.92. The largest absolute Gasteiger partial charge is 0.493 e. The lowest BCUT2D eigenvalue weighted by Gasteiger charge is -2.10. The molecule has 2 aromatic rings. The third-order valence-electron chi connectivity index (χ3n) is 2.92. The maximum atomic E-state index is 11.8. The van der Waals surface area contributed by atoms with Gasteiger partial charge in [0.1, 0.15) is 12.4 Å². The first-order chi connectivity index (χ1) is 11.1. The molecule has 0 aliphatic carbocycles. The van der Waals surface area contributed by atoms with Gasteiger partial charge in [0.2, 0.25) is 11.1 Å². The Labute approximate surface area is 138 Å². The minimum Gasteiger partial charge on any atom is -0.493 e. The van der Waals surface area contributed by atoms with Gasteiger partial charge in [0.05, 0.1) is 19.4 Å². The number of nitrogens with two attached hydrogens (primary N) is 1. The Morgan fingerprint density at radius 1 is 1.35 bits per heavy atom. The molecule has 0 saturated carbocycles. The van der Waals surface area contributed by atoms with Crippen molar-refractivity contribution >= 4 is 17.7 Å². The van der Waals surface area contributed by atoms with Gasteiger partial charge in [-0.25, -0.2) is 4.68 Å². The number of hydrogen-bond donors (Lipinski definition) is 2. The molecule has 1 amide bonds. The van der Waals surface area contributed by atoms with Gasteiger partial charge in [-0.2, -0.15) is 0 Å². The second-order valence-electron chi connectivity index (χ2n) is 4.54. The van der Waals surface area contributed by atoms with Crippen molar-refractivity contribution in [2.24, 2.45) is 0 Å². The lowest BCUT2D eigenvalue weighted by molar-refractivity contribution is -0.118. The number of ether oxygens (including phenoxy) is 2. The number of rotatable bonds is 8. The van der Waals surface area contributed by atoms with Crippen molar-refractivity contribution in [2.45, 2.75) is 12.1 Å². The van der Waals surface area contributed by atoms with E-state index in [0.29, 0.717) is 35.6 Å². The van der Waals surface area contributed by atoms with Crippen LogP contribution in [-0.2, 0) is 4.79 Å². The summed E-state index contributed by atoms with van der Waals surface area (Å²) in [5.41, 5.74) is 0. The fourth-order valence-electron chi connectivity index (χ4n) is 1.72. The summed E-state index contributed by atoms with van der Waals surface area (Å²) in [6.07, 6.45) is 0. The number of thioether (sulfide) groups is 1. The van der Waals surface area contributed by atoms with Gasteiger partial charge in [0, 0.05) is 0 Å². The average molecular weight is 337 g/mol. The molecule has 1 aromatic carbocycles. The van der Waals surface area contributed by atoms with E-state index in [1.165, 1.54) is 16.4 Å². The number of nitrogens with one attached hydrogen (secondary N) is 1. The number of benzene rings is 1. The predicted octanol–water partition coefficient (Wildman–Crippen LogP) is 0.596. The summed E-state index contributed by atoms with van der Waals surface area (Å²) in [7, 11) is 1.58. The topological polar surface area (TPSA) is 104 Å². The van der Waals surface area contributed by atoms with Crippen molar-refractivity contribution in [3.63, 3.8) is 0 Å². The number of carbonyl (C=O) groups is 1. The zero-order chi connectivity index (χ0) is 16.7. The number of carbonyl (C=O) groups excluding carboxylic acids is 1. The van der Waals surface area contributed by atoms with Crippen LogP contribution in [0.1, 0.15) is 5.82 Å². The smallest absolute Gasteiger partial charge is 0.230 e. The average Bonchev–Trinajstić information content (AvgIpc) is 2.89. The molecule has 8 nitrogen and oxygen atoms in total. The Morgan fingerprint density at radius 2 is 2.09 bits per heavy atom. The molecule has 1 heterocycles. The van der Waals surface area contributed by atoms with Gasteiger partial charge >= 0.3 is 0 Å². The fourth-order valence-corrected chi connectivity index (χ4v) is 2.45. The van der Waals surface area contributed by atoms with Crippen LogP contribution in [0, 0.1) is 6.92 Å². The summed E-state index contributed by atoms with van der Waals surface area (Å²) < 4.78 is 12.1. The van der Waals surface area contributed by atoms with Gasteiger partial charge in [-0.1, -0.05) is 23.9 Å². The zero-order valence-electron chi connectivity index (χ0n) is 13.0. The van der Waals surface area contributed by atoms with Gasteiger partial charge in [-0.05, 0) is 19.1 Å². The highest BCUT2D eigenvalue weighted by Crippen LogP contribution is 2.25.